The predicted molar refractivity (Wildman–Crippen MR) is 114 cm³/mol. The Morgan fingerprint density at radius 2 is 1.50 bits per heavy atom. The maximum atomic E-state index is 12.5. The lowest BCUT2D eigenvalue weighted by Crippen LogP contribution is -2.41. The number of carbonyl (C=O) groups is 2. The lowest BCUT2D eigenvalue weighted by molar-refractivity contribution is 0.0846. The van der Waals surface area contributed by atoms with Crippen LogP contribution in [0.15, 0.2) is 36.4 Å². The highest BCUT2D eigenvalue weighted by Gasteiger charge is 2.14. The number of nitrogens with one attached hydrogen (secondary N) is 2. The molecule has 0 aliphatic rings. The summed E-state index contributed by atoms with van der Waals surface area (Å²) < 4.78 is 13.1. The number of rotatable bonds is 7. The van der Waals surface area contributed by atoms with Gasteiger partial charge in [-0.1, -0.05) is 0 Å². The highest BCUT2D eigenvalue weighted by atomic mass is 16.5. The van der Waals surface area contributed by atoms with Gasteiger partial charge < -0.3 is 14.0 Å². The average Bonchev–Trinajstić information content (AvgIpc) is 3.07. The molecule has 30 heavy (non-hydrogen) atoms. The van der Waals surface area contributed by atoms with E-state index in [0.29, 0.717) is 35.8 Å². The number of imidazole rings is 1. The molecule has 8 nitrogen and oxygen atoms in total. The second kappa shape index (κ2) is 9.30. The molecule has 8 heteroatoms. The number of hydrogen-bond acceptors (Lipinski definition) is 5. The Bertz CT molecular complexity index is 1070. The van der Waals surface area contributed by atoms with Crippen molar-refractivity contribution in [2.24, 2.45) is 0 Å². The first-order valence-corrected chi connectivity index (χ1v) is 9.95. The first-order chi connectivity index (χ1) is 14.5. The topological polar surface area (TPSA) is 94.5 Å². The third-order valence-corrected chi connectivity index (χ3v) is 4.61. The molecule has 1 heterocycles. The standard InChI is InChI=1S/C22H26N4O4/c1-5-26-14(4)23-17-12-15(8-10-18(17)26)21(27)24-25-22(28)16-9-11-19(29-6-2)20(13-16)30-7-3/h8-13H,5-7H2,1-4H3,(H,24,27)(H,25,28). The lowest BCUT2D eigenvalue weighted by Gasteiger charge is -2.13. The van der Waals surface area contributed by atoms with E-state index in [-0.39, 0.29) is 0 Å². The third-order valence-electron chi connectivity index (χ3n) is 4.61. The van der Waals surface area contributed by atoms with Crippen molar-refractivity contribution in [3.05, 3.63) is 53.3 Å². The summed E-state index contributed by atoms with van der Waals surface area (Å²) in [5.74, 6) is 1.05. The van der Waals surface area contributed by atoms with Gasteiger partial charge in [-0.2, -0.15) is 0 Å². The van der Waals surface area contributed by atoms with Crippen LogP contribution in [0.25, 0.3) is 11.0 Å². The van der Waals surface area contributed by atoms with Crippen LogP contribution in [-0.2, 0) is 6.54 Å². The molecule has 2 aromatic carbocycles. The van der Waals surface area contributed by atoms with Crippen LogP contribution < -0.4 is 20.3 Å². The molecule has 3 rings (SSSR count). The monoisotopic (exact) mass is 410 g/mol. The van der Waals surface area contributed by atoms with E-state index < -0.39 is 11.8 Å². The summed E-state index contributed by atoms with van der Waals surface area (Å²) in [5, 5.41) is 0. The van der Waals surface area contributed by atoms with Crippen molar-refractivity contribution in [1.29, 1.82) is 0 Å². The molecule has 0 aliphatic carbocycles. The molecule has 0 saturated carbocycles. The van der Waals surface area contributed by atoms with Gasteiger partial charge in [0.2, 0.25) is 0 Å². The zero-order chi connectivity index (χ0) is 21.7. The molecule has 0 fully saturated rings. The molecular formula is C22H26N4O4. The first kappa shape index (κ1) is 21.2. The van der Waals surface area contributed by atoms with Crippen LogP contribution in [0.1, 0.15) is 47.3 Å². The van der Waals surface area contributed by atoms with Crippen molar-refractivity contribution in [1.82, 2.24) is 20.4 Å². The minimum atomic E-state index is -0.459. The zero-order valence-corrected chi connectivity index (χ0v) is 17.6. The predicted octanol–water partition coefficient (Wildman–Crippen LogP) is 3.24. The molecule has 0 unspecified atom stereocenters. The van der Waals surface area contributed by atoms with Gasteiger partial charge in [0.15, 0.2) is 11.5 Å². The second-order valence-corrected chi connectivity index (χ2v) is 6.54. The number of nitrogens with zero attached hydrogens (tertiary/aromatic N) is 2. The van der Waals surface area contributed by atoms with E-state index >= 15 is 0 Å². The highest BCUT2D eigenvalue weighted by molar-refractivity contribution is 6.00. The number of benzene rings is 2. The van der Waals surface area contributed by atoms with Crippen LogP contribution in [0, 0.1) is 6.92 Å². The van der Waals surface area contributed by atoms with Gasteiger partial charge in [-0.05, 0) is 64.1 Å². The van der Waals surface area contributed by atoms with Crippen molar-refractivity contribution >= 4 is 22.8 Å². The number of ether oxygens (including phenoxy) is 2. The van der Waals surface area contributed by atoms with Crippen molar-refractivity contribution in [2.45, 2.75) is 34.2 Å². The van der Waals surface area contributed by atoms with Crippen molar-refractivity contribution in [3.63, 3.8) is 0 Å². The molecule has 3 aromatic rings. The largest absolute Gasteiger partial charge is 0.490 e. The quantitative estimate of drug-likeness (QED) is 0.583. The summed E-state index contributed by atoms with van der Waals surface area (Å²) in [7, 11) is 0. The minimum Gasteiger partial charge on any atom is -0.490 e. The number of hydrogen-bond donors (Lipinski definition) is 2. The van der Waals surface area contributed by atoms with E-state index in [1.54, 1.807) is 30.3 Å². The van der Waals surface area contributed by atoms with Gasteiger partial charge in [0.25, 0.3) is 11.8 Å². The normalized spacial score (nSPS) is 10.7. The number of aromatic nitrogens is 2. The molecule has 158 valence electrons. The number of hydrazine groups is 1. The third kappa shape index (κ3) is 4.37. The number of carbonyl (C=O) groups excluding carboxylic acids is 2. The Hall–Kier alpha value is -3.55. The Labute approximate surface area is 175 Å². The summed E-state index contributed by atoms with van der Waals surface area (Å²) in [6.45, 7) is 9.43. The van der Waals surface area contributed by atoms with Gasteiger partial charge in [0.1, 0.15) is 5.82 Å². The smallest absolute Gasteiger partial charge is 0.269 e. The van der Waals surface area contributed by atoms with Crippen molar-refractivity contribution in [3.8, 4) is 11.5 Å². The fourth-order valence-electron chi connectivity index (χ4n) is 3.24. The SMILES string of the molecule is CCOc1ccc(C(=O)NNC(=O)c2ccc3c(c2)nc(C)n3CC)cc1OCC. The van der Waals surface area contributed by atoms with E-state index in [0.717, 1.165) is 23.4 Å². The molecule has 0 bridgehead atoms. The van der Waals surface area contributed by atoms with E-state index in [4.69, 9.17) is 9.47 Å². The minimum absolute atomic E-state index is 0.343. The van der Waals surface area contributed by atoms with Crippen molar-refractivity contribution in [2.75, 3.05) is 13.2 Å². The Morgan fingerprint density at radius 1 is 0.900 bits per heavy atom. The fraction of sp³-hybridized carbons (Fsp3) is 0.318. The summed E-state index contributed by atoms with van der Waals surface area (Å²) in [5.41, 5.74) is 7.33. The summed E-state index contributed by atoms with van der Waals surface area (Å²) in [6, 6.07) is 10.1. The number of amides is 2. The summed E-state index contributed by atoms with van der Waals surface area (Å²) in [6.07, 6.45) is 0. The van der Waals surface area contributed by atoms with Gasteiger partial charge >= 0.3 is 0 Å². The van der Waals surface area contributed by atoms with Crippen LogP contribution >= 0.6 is 0 Å². The van der Waals surface area contributed by atoms with Gasteiger partial charge in [-0.3, -0.25) is 20.4 Å². The molecular weight excluding hydrogens is 384 g/mol. The maximum absolute atomic E-state index is 12.5. The number of aryl methyl sites for hydroxylation is 2. The molecule has 1 aromatic heterocycles. The van der Waals surface area contributed by atoms with Gasteiger partial charge in [-0.25, -0.2) is 4.98 Å². The van der Waals surface area contributed by atoms with E-state index in [1.807, 2.05) is 33.8 Å². The summed E-state index contributed by atoms with van der Waals surface area (Å²) >= 11 is 0. The molecule has 0 aliphatic heterocycles. The van der Waals surface area contributed by atoms with Crippen LogP contribution in [-0.4, -0.2) is 34.6 Å². The van der Waals surface area contributed by atoms with Gasteiger partial charge in [0, 0.05) is 17.7 Å². The average molecular weight is 410 g/mol. The first-order valence-electron chi connectivity index (χ1n) is 9.95. The second-order valence-electron chi connectivity index (χ2n) is 6.54. The van der Waals surface area contributed by atoms with E-state index in [2.05, 4.69) is 20.4 Å². The van der Waals surface area contributed by atoms with E-state index in [1.165, 1.54) is 0 Å². The summed E-state index contributed by atoms with van der Waals surface area (Å²) in [4.78, 5) is 29.4. The molecule has 0 atom stereocenters. The highest BCUT2D eigenvalue weighted by Crippen LogP contribution is 2.28. The van der Waals surface area contributed by atoms with Gasteiger partial charge in [0.05, 0.1) is 24.2 Å². The Morgan fingerprint density at radius 3 is 2.13 bits per heavy atom. The molecule has 0 spiro atoms. The molecule has 0 radical (unpaired) electrons. The zero-order valence-electron chi connectivity index (χ0n) is 17.6. The van der Waals surface area contributed by atoms with Crippen LogP contribution in [0.2, 0.25) is 0 Å². The Balaban J connectivity index is 1.70. The van der Waals surface area contributed by atoms with Crippen LogP contribution in [0.5, 0.6) is 11.5 Å². The number of fused-ring (bicyclic) bond motifs is 1. The lowest BCUT2D eigenvalue weighted by atomic mass is 10.2. The fourth-order valence-corrected chi connectivity index (χ4v) is 3.24. The van der Waals surface area contributed by atoms with Gasteiger partial charge in [-0.15, -0.1) is 0 Å². The molecule has 2 N–H and O–H groups in total. The molecule has 2 amide bonds. The van der Waals surface area contributed by atoms with Crippen LogP contribution in [0.4, 0.5) is 0 Å². The van der Waals surface area contributed by atoms with E-state index in [9.17, 15) is 9.59 Å². The maximum Gasteiger partial charge on any atom is 0.269 e. The van der Waals surface area contributed by atoms with Crippen LogP contribution in [0.3, 0.4) is 0 Å². The Kier molecular flexibility index (Phi) is 6.56. The molecule has 0 saturated heterocycles. The van der Waals surface area contributed by atoms with Crippen molar-refractivity contribution < 1.29 is 19.1 Å².